The number of benzene rings is 2. The average Bonchev–Trinajstić information content (AvgIpc) is 3.25. The Morgan fingerprint density at radius 2 is 1.68 bits per heavy atom. The van der Waals surface area contributed by atoms with Crippen molar-refractivity contribution in [2.75, 3.05) is 26.2 Å². The summed E-state index contributed by atoms with van der Waals surface area (Å²) in [5.41, 5.74) is 0. The van der Waals surface area contributed by atoms with E-state index in [2.05, 4.69) is 0 Å². The van der Waals surface area contributed by atoms with Crippen LogP contribution in [0.2, 0.25) is 0 Å². The molecule has 0 N–H and O–H groups in total. The van der Waals surface area contributed by atoms with Gasteiger partial charge in [-0.25, -0.2) is 8.42 Å². The van der Waals surface area contributed by atoms with Gasteiger partial charge in [0.05, 0.1) is 11.2 Å². The first-order chi connectivity index (χ1) is 13.5. The minimum atomic E-state index is -3.59. The molecular formula is C21H20N2O4S. The Hall–Kier alpha value is -2.90. The lowest BCUT2D eigenvalue weighted by atomic mass is 10.1. The zero-order valence-corrected chi connectivity index (χ0v) is 16.0. The molecular weight excluding hydrogens is 376 g/mol. The lowest BCUT2D eigenvalue weighted by Gasteiger charge is -2.33. The Labute approximate surface area is 163 Å². The van der Waals surface area contributed by atoms with Gasteiger partial charge < -0.3 is 9.32 Å². The molecule has 1 aromatic heterocycles. The molecule has 0 unspecified atom stereocenters. The highest BCUT2D eigenvalue weighted by molar-refractivity contribution is 7.89. The quantitative estimate of drug-likeness (QED) is 0.636. The number of nitrogens with zero attached hydrogens (tertiary/aromatic N) is 2. The van der Waals surface area contributed by atoms with Crippen LogP contribution in [0.3, 0.4) is 0 Å². The lowest BCUT2D eigenvalue weighted by Crippen LogP contribution is -2.50. The molecule has 3 aromatic rings. The fourth-order valence-electron chi connectivity index (χ4n) is 3.27. The summed E-state index contributed by atoms with van der Waals surface area (Å²) in [6.07, 6.45) is 4.60. The smallest absolute Gasteiger partial charge is 0.246 e. The van der Waals surface area contributed by atoms with Crippen LogP contribution in [-0.2, 0) is 14.8 Å². The highest BCUT2D eigenvalue weighted by Crippen LogP contribution is 2.23. The molecule has 0 atom stereocenters. The van der Waals surface area contributed by atoms with Crippen LogP contribution in [0.15, 0.2) is 76.2 Å². The fourth-order valence-corrected chi connectivity index (χ4v) is 4.73. The Morgan fingerprint density at radius 1 is 0.929 bits per heavy atom. The molecule has 1 fully saturated rings. The molecule has 0 radical (unpaired) electrons. The zero-order chi connectivity index (χ0) is 19.6. The minimum absolute atomic E-state index is 0.154. The van der Waals surface area contributed by atoms with E-state index in [4.69, 9.17) is 4.42 Å². The summed E-state index contributed by atoms with van der Waals surface area (Å²) >= 11 is 0. The highest BCUT2D eigenvalue weighted by Gasteiger charge is 2.29. The summed E-state index contributed by atoms with van der Waals surface area (Å²) < 4.78 is 32.6. The SMILES string of the molecule is O=C(C=Cc1ccco1)N1CCN(S(=O)(=O)c2ccc3ccccc3c2)CC1. The number of hydrogen-bond acceptors (Lipinski definition) is 4. The van der Waals surface area contributed by atoms with Gasteiger partial charge in [-0.3, -0.25) is 4.79 Å². The molecule has 1 amide bonds. The number of furan rings is 1. The van der Waals surface area contributed by atoms with Crippen LogP contribution in [-0.4, -0.2) is 49.7 Å². The van der Waals surface area contributed by atoms with Crippen LogP contribution < -0.4 is 0 Å². The third kappa shape index (κ3) is 3.72. The van der Waals surface area contributed by atoms with E-state index >= 15 is 0 Å². The molecule has 28 heavy (non-hydrogen) atoms. The second-order valence-electron chi connectivity index (χ2n) is 6.59. The molecule has 1 saturated heterocycles. The summed E-state index contributed by atoms with van der Waals surface area (Å²) in [4.78, 5) is 14.2. The van der Waals surface area contributed by atoms with Crippen molar-refractivity contribution in [2.45, 2.75) is 4.90 Å². The van der Waals surface area contributed by atoms with Gasteiger partial charge in [0, 0.05) is 32.3 Å². The van der Waals surface area contributed by atoms with E-state index in [-0.39, 0.29) is 23.9 Å². The van der Waals surface area contributed by atoms with Gasteiger partial charge >= 0.3 is 0 Å². The fraction of sp³-hybridized carbons (Fsp3) is 0.190. The third-order valence-corrected chi connectivity index (χ3v) is 6.74. The van der Waals surface area contributed by atoms with Crippen LogP contribution in [0.1, 0.15) is 5.76 Å². The number of amides is 1. The Bertz CT molecular complexity index is 1110. The number of carbonyl (C=O) groups is 1. The van der Waals surface area contributed by atoms with Gasteiger partial charge in [0.15, 0.2) is 0 Å². The molecule has 1 aliphatic rings. The third-order valence-electron chi connectivity index (χ3n) is 4.84. The predicted molar refractivity (Wildman–Crippen MR) is 107 cm³/mol. The summed E-state index contributed by atoms with van der Waals surface area (Å²) in [7, 11) is -3.59. The topological polar surface area (TPSA) is 70.8 Å². The molecule has 1 aliphatic heterocycles. The largest absolute Gasteiger partial charge is 0.465 e. The Balaban J connectivity index is 1.44. The van der Waals surface area contributed by atoms with Gasteiger partial charge in [-0.1, -0.05) is 30.3 Å². The van der Waals surface area contributed by atoms with Crippen molar-refractivity contribution in [1.82, 2.24) is 9.21 Å². The summed E-state index contributed by atoms with van der Waals surface area (Å²) in [6, 6.07) is 16.3. The molecule has 0 spiro atoms. The number of fused-ring (bicyclic) bond motifs is 1. The number of rotatable bonds is 4. The summed E-state index contributed by atoms with van der Waals surface area (Å²) in [5.74, 6) is 0.449. The first-order valence-corrected chi connectivity index (χ1v) is 10.5. The normalized spacial score (nSPS) is 16.1. The van der Waals surface area contributed by atoms with Gasteiger partial charge in [0.1, 0.15) is 5.76 Å². The van der Waals surface area contributed by atoms with Crippen LogP contribution in [0, 0.1) is 0 Å². The predicted octanol–water partition coefficient (Wildman–Crippen LogP) is 2.98. The zero-order valence-electron chi connectivity index (χ0n) is 15.2. The number of piperazine rings is 1. The van der Waals surface area contributed by atoms with Crippen LogP contribution >= 0.6 is 0 Å². The molecule has 144 valence electrons. The molecule has 6 nitrogen and oxygen atoms in total. The van der Waals surface area contributed by atoms with Gasteiger partial charge in [-0.05, 0) is 41.1 Å². The first-order valence-electron chi connectivity index (χ1n) is 9.03. The van der Waals surface area contributed by atoms with Crippen molar-refractivity contribution in [2.24, 2.45) is 0 Å². The molecule has 4 rings (SSSR count). The van der Waals surface area contributed by atoms with E-state index in [0.717, 1.165) is 10.8 Å². The van der Waals surface area contributed by atoms with Gasteiger partial charge in [-0.15, -0.1) is 0 Å². The van der Waals surface area contributed by atoms with Gasteiger partial charge in [0.2, 0.25) is 15.9 Å². The number of hydrogen-bond donors (Lipinski definition) is 0. The second kappa shape index (κ2) is 7.61. The molecule has 7 heteroatoms. The highest BCUT2D eigenvalue weighted by atomic mass is 32.2. The molecule has 0 saturated carbocycles. The standard InChI is InChI=1S/C21H20N2O4S/c24-21(10-8-19-6-3-15-27-19)22-11-13-23(14-12-22)28(25,26)20-9-7-17-4-1-2-5-18(17)16-20/h1-10,15-16H,11-14H2. The van der Waals surface area contributed by atoms with Crippen molar-refractivity contribution < 1.29 is 17.6 Å². The van der Waals surface area contributed by atoms with Crippen molar-refractivity contribution in [3.05, 3.63) is 72.7 Å². The van der Waals surface area contributed by atoms with Crippen LogP contribution in [0.4, 0.5) is 0 Å². The molecule has 0 bridgehead atoms. The van der Waals surface area contributed by atoms with Crippen molar-refractivity contribution in [3.63, 3.8) is 0 Å². The number of carbonyl (C=O) groups excluding carboxylic acids is 1. The second-order valence-corrected chi connectivity index (χ2v) is 8.53. The lowest BCUT2D eigenvalue weighted by molar-refractivity contribution is -0.127. The summed E-state index contributed by atoms with van der Waals surface area (Å²) in [5, 5.41) is 1.89. The molecule has 0 aliphatic carbocycles. The maximum Gasteiger partial charge on any atom is 0.246 e. The van der Waals surface area contributed by atoms with E-state index in [1.165, 1.54) is 10.4 Å². The van der Waals surface area contributed by atoms with E-state index in [1.54, 1.807) is 41.5 Å². The van der Waals surface area contributed by atoms with Crippen molar-refractivity contribution in [3.8, 4) is 0 Å². The minimum Gasteiger partial charge on any atom is -0.465 e. The summed E-state index contributed by atoms with van der Waals surface area (Å²) in [6.45, 7) is 1.26. The van der Waals surface area contributed by atoms with E-state index in [1.807, 2.05) is 30.3 Å². The monoisotopic (exact) mass is 396 g/mol. The first kappa shape index (κ1) is 18.5. The van der Waals surface area contributed by atoms with E-state index in [9.17, 15) is 13.2 Å². The average molecular weight is 396 g/mol. The van der Waals surface area contributed by atoms with E-state index < -0.39 is 10.0 Å². The van der Waals surface area contributed by atoms with Gasteiger partial charge in [0.25, 0.3) is 0 Å². The molecule has 2 heterocycles. The van der Waals surface area contributed by atoms with Crippen LogP contribution in [0.5, 0.6) is 0 Å². The number of sulfonamides is 1. The van der Waals surface area contributed by atoms with Crippen LogP contribution in [0.25, 0.3) is 16.8 Å². The van der Waals surface area contributed by atoms with E-state index in [0.29, 0.717) is 18.8 Å². The van der Waals surface area contributed by atoms with Crippen molar-refractivity contribution >= 4 is 32.8 Å². The Morgan fingerprint density at radius 3 is 2.39 bits per heavy atom. The maximum absolute atomic E-state index is 13.0. The maximum atomic E-state index is 13.0. The van der Waals surface area contributed by atoms with Crippen molar-refractivity contribution in [1.29, 1.82) is 0 Å². The Kier molecular flexibility index (Phi) is 5.02. The van der Waals surface area contributed by atoms with Gasteiger partial charge in [-0.2, -0.15) is 4.31 Å². The molecule has 2 aromatic carbocycles.